The maximum Gasteiger partial charge on any atom is 0.238 e. The molecule has 6 nitrogen and oxygen atoms in total. The number of nitrogens with two attached hydrogens (primary N) is 1. The Balaban J connectivity index is 2.62. The summed E-state index contributed by atoms with van der Waals surface area (Å²) in [6.45, 7) is 1.76. The number of primary sulfonamides is 1. The molecule has 0 saturated carbocycles. The van der Waals surface area contributed by atoms with Gasteiger partial charge in [0, 0.05) is 5.75 Å². The monoisotopic (exact) mass is 341 g/mol. The van der Waals surface area contributed by atoms with Gasteiger partial charge in [-0.15, -0.1) is 0 Å². The molecule has 0 heterocycles. The Morgan fingerprint density at radius 3 is 2.40 bits per heavy atom. The molecule has 0 aromatic heterocycles. The minimum atomic E-state index is -3.81. The van der Waals surface area contributed by atoms with Gasteiger partial charge >= 0.3 is 0 Å². The lowest BCUT2D eigenvalue weighted by Gasteiger charge is -2.09. The lowest BCUT2D eigenvalue weighted by Crippen LogP contribution is -2.13. The van der Waals surface area contributed by atoms with Crippen molar-refractivity contribution in [3.8, 4) is 5.75 Å². The van der Waals surface area contributed by atoms with Crippen LogP contribution in [-0.2, 0) is 19.9 Å². The van der Waals surface area contributed by atoms with E-state index in [-0.39, 0.29) is 33.8 Å². The molecule has 0 amide bonds. The maximum absolute atomic E-state index is 11.3. The highest BCUT2D eigenvalue weighted by Crippen LogP contribution is 2.27. The lowest BCUT2D eigenvalue weighted by molar-refractivity contribution is 0.317. The topological polar surface area (TPSA) is 104 Å². The molecule has 0 aliphatic heterocycles. The van der Waals surface area contributed by atoms with Crippen molar-refractivity contribution >= 4 is 31.5 Å². The average Bonchev–Trinajstić information content (AvgIpc) is 2.35. The molecule has 0 bridgehead atoms. The van der Waals surface area contributed by atoms with Crippen LogP contribution in [0.1, 0.15) is 13.3 Å². The van der Waals surface area contributed by atoms with Crippen molar-refractivity contribution in [2.75, 3.05) is 18.1 Å². The Hall–Kier alpha value is -0.830. The number of sulfone groups is 1. The summed E-state index contributed by atoms with van der Waals surface area (Å²) in [4.78, 5) is -0.108. The second-order valence-electron chi connectivity index (χ2n) is 4.08. The van der Waals surface area contributed by atoms with Crippen LogP contribution >= 0.6 is 11.6 Å². The van der Waals surface area contributed by atoms with Gasteiger partial charge in [-0.2, -0.15) is 0 Å². The molecule has 0 atom stereocenters. The smallest absolute Gasteiger partial charge is 0.238 e. The zero-order valence-electron chi connectivity index (χ0n) is 10.9. The molecule has 0 saturated heterocycles. The summed E-state index contributed by atoms with van der Waals surface area (Å²) in [6, 6.07) is 3.85. The molecule has 0 aliphatic carbocycles. The van der Waals surface area contributed by atoms with E-state index in [0.717, 1.165) is 0 Å². The van der Waals surface area contributed by atoms with Crippen molar-refractivity contribution < 1.29 is 21.6 Å². The van der Waals surface area contributed by atoms with Crippen LogP contribution in [-0.4, -0.2) is 34.9 Å². The Labute approximate surface area is 123 Å². The quantitative estimate of drug-likeness (QED) is 0.750. The molecule has 0 radical (unpaired) electrons. The summed E-state index contributed by atoms with van der Waals surface area (Å²) in [6.07, 6.45) is 0.337. The highest BCUT2D eigenvalue weighted by atomic mass is 35.5. The molecule has 1 rings (SSSR count). The van der Waals surface area contributed by atoms with E-state index < -0.39 is 19.9 Å². The van der Waals surface area contributed by atoms with E-state index in [0.29, 0.717) is 6.42 Å². The van der Waals surface area contributed by atoms with E-state index >= 15 is 0 Å². The number of hydrogen-bond donors (Lipinski definition) is 1. The Kier molecular flexibility index (Phi) is 5.81. The summed E-state index contributed by atoms with van der Waals surface area (Å²) in [5.41, 5.74) is 0. The lowest BCUT2D eigenvalue weighted by atomic mass is 10.3. The molecular formula is C11H16ClNO5S2. The van der Waals surface area contributed by atoms with Crippen LogP contribution in [0.2, 0.25) is 5.02 Å². The van der Waals surface area contributed by atoms with E-state index in [1.54, 1.807) is 6.92 Å². The molecule has 1 aromatic rings. The Morgan fingerprint density at radius 1 is 1.25 bits per heavy atom. The second-order valence-corrected chi connectivity index (χ2v) is 8.52. The maximum atomic E-state index is 11.3. The second kappa shape index (κ2) is 6.75. The normalized spacial score (nSPS) is 12.3. The number of sulfonamides is 1. The van der Waals surface area contributed by atoms with Crippen molar-refractivity contribution in [1.82, 2.24) is 0 Å². The Bertz CT molecular complexity index is 670. The van der Waals surface area contributed by atoms with Crippen molar-refractivity contribution in [3.63, 3.8) is 0 Å². The minimum absolute atomic E-state index is 0.0381. The first-order valence-electron chi connectivity index (χ1n) is 5.81. The van der Waals surface area contributed by atoms with E-state index in [4.69, 9.17) is 21.5 Å². The van der Waals surface area contributed by atoms with Crippen molar-refractivity contribution in [2.45, 2.75) is 18.2 Å². The third-order valence-electron chi connectivity index (χ3n) is 2.53. The molecule has 0 spiro atoms. The number of rotatable bonds is 7. The van der Waals surface area contributed by atoms with Crippen molar-refractivity contribution in [1.29, 1.82) is 0 Å². The largest absolute Gasteiger partial charge is 0.492 e. The van der Waals surface area contributed by atoms with Crippen LogP contribution in [0.15, 0.2) is 23.1 Å². The summed E-state index contributed by atoms with van der Waals surface area (Å²) in [7, 11) is -6.83. The van der Waals surface area contributed by atoms with Gasteiger partial charge in [0.1, 0.15) is 15.6 Å². The molecule has 0 aliphatic rings. The highest BCUT2D eigenvalue weighted by Gasteiger charge is 2.12. The van der Waals surface area contributed by atoms with Gasteiger partial charge < -0.3 is 4.74 Å². The fourth-order valence-corrected chi connectivity index (χ4v) is 3.07. The van der Waals surface area contributed by atoms with E-state index in [2.05, 4.69) is 0 Å². The van der Waals surface area contributed by atoms with E-state index in [9.17, 15) is 16.8 Å². The van der Waals surface area contributed by atoms with Gasteiger partial charge in [0.2, 0.25) is 10.0 Å². The molecule has 0 unspecified atom stereocenters. The SMILES string of the molecule is CCS(=O)(=O)CCCOc1ccc(S(N)(=O)=O)cc1Cl. The third kappa shape index (κ3) is 5.28. The molecule has 114 valence electrons. The molecule has 20 heavy (non-hydrogen) atoms. The summed E-state index contributed by atoms with van der Waals surface area (Å²) in [5, 5.41) is 5.07. The van der Waals surface area contributed by atoms with Gasteiger partial charge in [0.15, 0.2) is 0 Å². The summed E-state index contributed by atoms with van der Waals surface area (Å²) in [5.74, 6) is 0.417. The zero-order valence-corrected chi connectivity index (χ0v) is 13.3. The van der Waals surface area contributed by atoms with Gasteiger partial charge in [-0.1, -0.05) is 18.5 Å². The first kappa shape index (κ1) is 17.2. The van der Waals surface area contributed by atoms with E-state index in [1.807, 2.05) is 0 Å². The molecular weight excluding hydrogens is 326 g/mol. The van der Waals surface area contributed by atoms with E-state index in [1.165, 1.54) is 18.2 Å². The fourth-order valence-electron chi connectivity index (χ4n) is 1.38. The number of benzene rings is 1. The van der Waals surface area contributed by atoms with Crippen molar-refractivity contribution in [3.05, 3.63) is 23.2 Å². The molecule has 0 fully saturated rings. The highest BCUT2D eigenvalue weighted by molar-refractivity contribution is 7.91. The van der Waals surface area contributed by atoms with Crippen LogP contribution < -0.4 is 9.88 Å². The average molecular weight is 342 g/mol. The minimum Gasteiger partial charge on any atom is -0.492 e. The van der Waals surface area contributed by atoms with Gasteiger partial charge in [-0.3, -0.25) is 0 Å². The van der Waals surface area contributed by atoms with Crippen LogP contribution in [0.5, 0.6) is 5.75 Å². The van der Waals surface area contributed by atoms with Crippen LogP contribution in [0.4, 0.5) is 0 Å². The zero-order chi connectivity index (χ0) is 15.4. The number of hydrogen-bond acceptors (Lipinski definition) is 5. The fraction of sp³-hybridized carbons (Fsp3) is 0.455. The Morgan fingerprint density at radius 2 is 1.90 bits per heavy atom. The summed E-state index contributed by atoms with van der Waals surface area (Å²) < 4.78 is 50.1. The van der Waals surface area contributed by atoms with Crippen LogP contribution in [0.3, 0.4) is 0 Å². The third-order valence-corrected chi connectivity index (χ3v) is 5.53. The van der Waals surface area contributed by atoms with Gasteiger partial charge in [-0.25, -0.2) is 22.0 Å². The molecule has 1 aromatic carbocycles. The number of ether oxygens (including phenoxy) is 1. The predicted molar refractivity (Wildman–Crippen MR) is 77.3 cm³/mol. The van der Waals surface area contributed by atoms with Gasteiger partial charge in [0.05, 0.1) is 22.3 Å². The summed E-state index contributed by atoms with van der Waals surface area (Å²) >= 11 is 5.87. The first-order chi connectivity index (χ1) is 9.15. The number of halogens is 1. The predicted octanol–water partition coefficient (Wildman–Crippen LogP) is 1.19. The van der Waals surface area contributed by atoms with Gasteiger partial charge in [0.25, 0.3) is 0 Å². The first-order valence-corrected chi connectivity index (χ1v) is 9.56. The standard InChI is InChI=1S/C11H16ClNO5S2/c1-2-19(14,15)7-3-6-18-11-5-4-9(8-10(11)12)20(13,16)17/h4-5,8H,2-3,6-7H2,1H3,(H2,13,16,17). The van der Waals surface area contributed by atoms with Crippen LogP contribution in [0, 0.1) is 0 Å². The van der Waals surface area contributed by atoms with Gasteiger partial charge in [-0.05, 0) is 24.6 Å². The van der Waals surface area contributed by atoms with Crippen molar-refractivity contribution in [2.24, 2.45) is 5.14 Å². The van der Waals surface area contributed by atoms with Crippen LogP contribution in [0.25, 0.3) is 0 Å². The molecule has 2 N–H and O–H groups in total. The molecule has 9 heteroatoms.